The van der Waals surface area contributed by atoms with Crippen LogP contribution in [0.25, 0.3) is 6.08 Å². The fraction of sp³-hybridized carbons (Fsp3) is 0.154. The van der Waals surface area contributed by atoms with Crippen LogP contribution in [-0.2, 0) is 4.79 Å². The summed E-state index contributed by atoms with van der Waals surface area (Å²) in [5.74, 6) is 0.982. The van der Waals surface area contributed by atoms with Crippen molar-refractivity contribution in [3.05, 3.63) is 82.6 Å². The lowest BCUT2D eigenvalue weighted by molar-refractivity contribution is -0.135. The number of fused-ring (bicyclic) bond motifs is 3. The molecule has 0 amide bonds. The predicted molar refractivity (Wildman–Crippen MR) is 119 cm³/mol. The fourth-order valence-electron chi connectivity index (χ4n) is 4.21. The molecule has 3 aromatic carbocycles. The maximum Gasteiger partial charge on any atom is 0.312 e. The molecule has 1 N–H and O–H groups in total. The molecule has 166 valence electrons. The van der Waals surface area contributed by atoms with Crippen LogP contribution in [0.3, 0.4) is 0 Å². The third-order valence-electron chi connectivity index (χ3n) is 5.78. The molecule has 2 aliphatic heterocycles. The van der Waals surface area contributed by atoms with Crippen molar-refractivity contribution in [2.75, 3.05) is 14.2 Å². The van der Waals surface area contributed by atoms with Gasteiger partial charge >= 0.3 is 5.97 Å². The molecule has 2 heterocycles. The molecule has 7 nitrogen and oxygen atoms in total. The van der Waals surface area contributed by atoms with E-state index in [1.165, 1.54) is 7.11 Å². The Balaban J connectivity index is 1.60. The summed E-state index contributed by atoms with van der Waals surface area (Å²) in [6.07, 6.45) is 1.68. The molecule has 0 aromatic heterocycles. The van der Waals surface area contributed by atoms with E-state index >= 15 is 0 Å². The Morgan fingerprint density at radius 2 is 1.85 bits per heavy atom. The second kappa shape index (κ2) is 8.02. The number of carbonyl (C=O) groups is 2. The summed E-state index contributed by atoms with van der Waals surface area (Å²) in [6.45, 7) is 0. The van der Waals surface area contributed by atoms with Crippen molar-refractivity contribution in [3.8, 4) is 28.7 Å². The number of phenols is 1. The van der Waals surface area contributed by atoms with Gasteiger partial charge in [0.1, 0.15) is 28.7 Å². The van der Waals surface area contributed by atoms with Crippen LogP contribution in [0.2, 0.25) is 0 Å². The third kappa shape index (κ3) is 3.57. The number of phenolic OH excluding ortho intramolecular Hbond substituents is 1. The molecular weight excluding hydrogens is 424 g/mol. The molecular formula is C26H20O7. The molecule has 0 spiro atoms. The third-order valence-corrected chi connectivity index (χ3v) is 5.78. The van der Waals surface area contributed by atoms with E-state index in [0.29, 0.717) is 39.7 Å². The van der Waals surface area contributed by atoms with Crippen molar-refractivity contribution in [2.24, 2.45) is 0 Å². The number of aromatic hydroxyl groups is 1. The molecule has 0 unspecified atom stereocenters. The van der Waals surface area contributed by atoms with Crippen LogP contribution < -0.4 is 18.9 Å². The Kier molecular flexibility index (Phi) is 5.01. The summed E-state index contributed by atoms with van der Waals surface area (Å²) in [5, 5.41) is 9.95. The van der Waals surface area contributed by atoms with Gasteiger partial charge in [0.25, 0.3) is 0 Å². The summed E-state index contributed by atoms with van der Waals surface area (Å²) in [4.78, 5) is 25.4. The van der Waals surface area contributed by atoms with Gasteiger partial charge in [-0.05, 0) is 48.0 Å². The highest BCUT2D eigenvalue weighted by Gasteiger charge is 2.38. The summed E-state index contributed by atoms with van der Waals surface area (Å²) in [5.41, 5.74) is 2.37. The molecule has 0 fully saturated rings. The number of esters is 1. The Morgan fingerprint density at radius 1 is 1.00 bits per heavy atom. The topological polar surface area (TPSA) is 91.3 Å². The van der Waals surface area contributed by atoms with Gasteiger partial charge in [-0.2, -0.15) is 0 Å². The first-order chi connectivity index (χ1) is 16.0. The highest BCUT2D eigenvalue weighted by molar-refractivity contribution is 6.15. The zero-order valence-electron chi connectivity index (χ0n) is 18.0. The number of ketones is 1. The van der Waals surface area contributed by atoms with E-state index in [-0.39, 0.29) is 29.7 Å². The first kappa shape index (κ1) is 20.6. The molecule has 1 atom stereocenters. The molecule has 0 radical (unpaired) electrons. The molecule has 0 bridgehead atoms. The molecule has 0 saturated carbocycles. The minimum Gasteiger partial charge on any atom is -0.508 e. The summed E-state index contributed by atoms with van der Waals surface area (Å²) in [7, 11) is 3.10. The highest BCUT2D eigenvalue weighted by Crippen LogP contribution is 2.49. The van der Waals surface area contributed by atoms with Crippen LogP contribution in [-0.4, -0.2) is 31.1 Å². The first-order valence-electron chi connectivity index (χ1n) is 10.3. The minimum absolute atomic E-state index is 0.0653. The van der Waals surface area contributed by atoms with E-state index in [0.717, 1.165) is 5.56 Å². The molecule has 33 heavy (non-hydrogen) atoms. The second-order valence-electron chi connectivity index (χ2n) is 7.73. The van der Waals surface area contributed by atoms with Gasteiger partial charge in [0.2, 0.25) is 5.78 Å². The molecule has 0 aliphatic carbocycles. The van der Waals surface area contributed by atoms with Crippen molar-refractivity contribution in [1.82, 2.24) is 0 Å². The average molecular weight is 444 g/mol. The number of hydrogen-bond donors (Lipinski definition) is 1. The van der Waals surface area contributed by atoms with Crippen LogP contribution in [0.4, 0.5) is 0 Å². The molecule has 7 heteroatoms. The number of hydrogen-bond acceptors (Lipinski definition) is 7. The lowest BCUT2D eigenvalue weighted by Gasteiger charge is -2.26. The van der Waals surface area contributed by atoms with Crippen molar-refractivity contribution < 1.29 is 33.6 Å². The van der Waals surface area contributed by atoms with Gasteiger partial charge in [0, 0.05) is 23.1 Å². The van der Waals surface area contributed by atoms with Crippen molar-refractivity contribution in [1.29, 1.82) is 0 Å². The van der Waals surface area contributed by atoms with Crippen molar-refractivity contribution >= 4 is 17.8 Å². The van der Waals surface area contributed by atoms with E-state index in [2.05, 4.69) is 0 Å². The van der Waals surface area contributed by atoms with Gasteiger partial charge in [-0.25, -0.2) is 0 Å². The van der Waals surface area contributed by atoms with Crippen molar-refractivity contribution in [3.63, 3.8) is 0 Å². The Hall–Kier alpha value is -4.26. The lowest BCUT2D eigenvalue weighted by atomic mass is 9.84. The highest BCUT2D eigenvalue weighted by atomic mass is 16.5. The van der Waals surface area contributed by atoms with E-state index in [4.69, 9.17) is 18.9 Å². The van der Waals surface area contributed by atoms with E-state index in [1.807, 2.05) is 6.07 Å². The SMILES string of the molecule is COc1ccc(/C=C2\Oc3c(ccc4c3[C@@H](c3cccc(O)c3)CC(=O)O4)C2=O)c(OC)c1. The van der Waals surface area contributed by atoms with Gasteiger partial charge in [0.15, 0.2) is 5.76 Å². The van der Waals surface area contributed by atoms with Crippen LogP contribution in [0.5, 0.6) is 28.7 Å². The molecule has 3 aromatic rings. The van der Waals surface area contributed by atoms with Gasteiger partial charge in [-0.15, -0.1) is 0 Å². The number of rotatable bonds is 4. The maximum atomic E-state index is 13.2. The van der Waals surface area contributed by atoms with Crippen LogP contribution in [0, 0.1) is 0 Å². The minimum atomic E-state index is -0.425. The van der Waals surface area contributed by atoms with Crippen LogP contribution in [0.15, 0.2) is 60.4 Å². The summed E-state index contributed by atoms with van der Waals surface area (Å²) < 4.78 is 22.2. The van der Waals surface area contributed by atoms with Gasteiger partial charge in [0.05, 0.1) is 26.2 Å². The summed E-state index contributed by atoms with van der Waals surface area (Å²) in [6, 6.07) is 15.2. The Morgan fingerprint density at radius 3 is 2.61 bits per heavy atom. The number of ether oxygens (including phenoxy) is 4. The normalized spacial score (nSPS) is 17.8. The number of methoxy groups -OCH3 is 2. The smallest absolute Gasteiger partial charge is 0.312 e. The quantitative estimate of drug-likeness (QED) is 0.361. The van der Waals surface area contributed by atoms with E-state index in [9.17, 15) is 14.7 Å². The van der Waals surface area contributed by atoms with Crippen LogP contribution in [0.1, 0.15) is 39.4 Å². The zero-order valence-corrected chi connectivity index (χ0v) is 18.0. The number of allylic oxidation sites excluding steroid dienone is 1. The van der Waals surface area contributed by atoms with Crippen LogP contribution >= 0.6 is 0 Å². The van der Waals surface area contributed by atoms with Gasteiger partial charge in [-0.1, -0.05) is 12.1 Å². The fourth-order valence-corrected chi connectivity index (χ4v) is 4.21. The monoisotopic (exact) mass is 444 g/mol. The number of Topliss-reactive ketones (excluding diaryl/α,β-unsaturated/α-hetero) is 1. The molecule has 5 rings (SSSR count). The lowest BCUT2D eigenvalue weighted by Crippen LogP contribution is -2.21. The Bertz CT molecular complexity index is 1320. The second-order valence-corrected chi connectivity index (χ2v) is 7.73. The Labute approximate surface area is 189 Å². The van der Waals surface area contributed by atoms with Crippen molar-refractivity contribution in [2.45, 2.75) is 12.3 Å². The standard InChI is InChI=1S/C26H20O7/c1-30-17-7-6-15(21(12-17)31-2)11-22-25(29)18-8-9-20-24(26(18)33-22)19(13-23(28)32-20)14-4-3-5-16(27)10-14/h3-12,19,27H,13H2,1-2H3/b22-11-/t19-/m1/s1. The van der Waals surface area contributed by atoms with E-state index in [1.54, 1.807) is 61.7 Å². The van der Waals surface area contributed by atoms with Gasteiger partial charge in [-0.3, -0.25) is 9.59 Å². The zero-order chi connectivity index (χ0) is 23.1. The largest absolute Gasteiger partial charge is 0.508 e. The average Bonchev–Trinajstić information content (AvgIpc) is 3.13. The van der Waals surface area contributed by atoms with E-state index < -0.39 is 5.92 Å². The number of benzene rings is 3. The summed E-state index contributed by atoms with van der Waals surface area (Å²) >= 11 is 0. The predicted octanol–water partition coefficient (Wildman–Crippen LogP) is 4.47. The molecule has 0 saturated heterocycles. The molecule has 2 aliphatic rings. The first-order valence-corrected chi connectivity index (χ1v) is 10.3. The number of carbonyl (C=O) groups excluding carboxylic acids is 2. The van der Waals surface area contributed by atoms with Gasteiger partial charge < -0.3 is 24.1 Å². The maximum absolute atomic E-state index is 13.2.